The van der Waals surface area contributed by atoms with Gasteiger partial charge in [0.05, 0.1) is 56.1 Å². The third kappa shape index (κ3) is 19.0. The number of alkyl carbamates (subject to hydrolysis) is 1. The van der Waals surface area contributed by atoms with Crippen LogP contribution in [0.15, 0.2) is 104 Å². The SMILES string of the molecule is C#C.C#C.C=C(N)OC.CC.CC(C)CC=O.CN1CCC[C@H]1c1ncc(-c2ccccc2)[nH]1.COC(=O)N[C@H](C(=O)N1CCC[C@H]1c1ncc(-c2ccc([C@H]3CCCN3c3ccc(F)cc3)cc2)[nH]1)C(C)C. The molecule has 3 fully saturated rings. The molecule has 73 heavy (non-hydrogen) atoms. The average Bonchev–Trinajstić information content (AvgIpc) is 4.29. The number of aldehydes is 1. The molecule has 2 amide bonds. The molecule has 3 aromatic carbocycles. The van der Waals surface area contributed by atoms with Gasteiger partial charge in [-0.2, -0.15) is 0 Å². The molecule has 0 spiro atoms. The summed E-state index contributed by atoms with van der Waals surface area (Å²) in [7, 11) is 4.94. The van der Waals surface area contributed by atoms with Gasteiger partial charge in [-0.3, -0.25) is 9.69 Å². The zero-order chi connectivity index (χ0) is 54.5. The van der Waals surface area contributed by atoms with E-state index in [2.05, 4.69) is 128 Å². The molecule has 5 N–H and O–H groups in total. The smallest absolute Gasteiger partial charge is 0.407 e. The number of terminal acetylenes is 2. The second-order valence-electron chi connectivity index (χ2n) is 17.8. The quantitative estimate of drug-likeness (QED) is 0.0535. The largest absolute Gasteiger partial charge is 0.483 e. The summed E-state index contributed by atoms with van der Waals surface area (Å²) in [6.45, 7) is 17.8. The second-order valence-corrected chi connectivity index (χ2v) is 17.8. The van der Waals surface area contributed by atoms with E-state index in [4.69, 9.17) is 10.5 Å². The topological polar surface area (TPSA) is 175 Å². The molecule has 394 valence electrons. The molecule has 0 aliphatic carbocycles. The van der Waals surface area contributed by atoms with Crippen molar-refractivity contribution in [1.82, 2.24) is 35.1 Å². The van der Waals surface area contributed by atoms with Crippen LogP contribution in [-0.4, -0.2) is 95.0 Å². The van der Waals surface area contributed by atoms with Crippen molar-refractivity contribution in [2.24, 2.45) is 17.6 Å². The highest BCUT2D eigenvalue weighted by Gasteiger charge is 2.37. The van der Waals surface area contributed by atoms with Crippen LogP contribution >= 0.6 is 0 Å². The number of aromatic amines is 2. The summed E-state index contributed by atoms with van der Waals surface area (Å²) in [5.74, 6) is 2.21. The lowest BCUT2D eigenvalue weighted by molar-refractivity contribution is -0.135. The van der Waals surface area contributed by atoms with Crippen LogP contribution in [0.1, 0.15) is 122 Å². The van der Waals surface area contributed by atoms with E-state index in [0.29, 0.717) is 24.9 Å². The minimum atomic E-state index is -0.662. The Kier molecular flexibility index (Phi) is 28.2. The van der Waals surface area contributed by atoms with Crippen molar-refractivity contribution in [1.29, 1.82) is 0 Å². The summed E-state index contributed by atoms with van der Waals surface area (Å²) in [6.07, 6.45) is 27.1. The normalized spacial score (nSPS) is 16.8. The van der Waals surface area contributed by atoms with Crippen LogP contribution < -0.4 is 16.0 Å². The standard InChI is InChI=1S/C30H36FN5O3.C14H17N3.C5H10O.C3H7NO.C2H6.2C2H2/c1-19(2)27(34-30(38)39-3)29(37)36-17-5-7-26(36)28-32-18-24(33-28)20-8-10-21(11-9-20)25-6-4-16-35(25)23-14-12-22(31)13-15-23;1-17-9-5-8-13(17)14-15-10-12(16-14)11-6-3-2-4-7-11;1-5(2)3-4-6;1-3(4)5-2;3*1-2/h8-15,18-19,25-27H,4-7,16-17H2,1-3H3,(H,32,33)(H,34,38);2-4,6-7,10,13H,5,8-9H2,1H3,(H,15,16);4-5H,3H2,1-2H3;1,4H2,2H3;1-2H3;2*1-2H/t25-,26+,27+;13-;;;;;/m10...../s1. The molecule has 4 atom stereocenters. The Morgan fingerprint density at radius 3 is 1.77 bits per heavy atom. The molecule has 8 rings (SSSR count). The first-order valence-electron chi connectivity index (χ1n) is 25.0. The number of nitrogens with one attached hydrogen (secondary N) is 3. The van der Waals surface area contributed by atoms with Gasteiger partial charge in [0.1, 0.15) is 29.8 Å². The first-order valence-corrected chi connectivity index (χ1v) is 25.0. The molecular weight excluding hydrogens is 922 g/mol. The molecular formula is C58H80FN9O5. The molecule has 3 aliphatic rings. The molecule has 0 radical (unpaired) electrons. The number of H-pyrrole nitrogens is 2. The van der Waals surface area contributed by atoms with E-state index in [0.717, 1.165) is 72.8 Å². The highest BCUT2D eigenvalue weighted by atomic mass is 19.1. The number of aromatic nitrogens is 4. The van der Waals surface area contributed by atoms with Gasteiger partial charge in [-0.25, -0.2) is 19.2 Å². The number of nitrogens with zero attached hydrogens (tertiary/aromatic N) is 5. The molecule has 0 unspecified atom stereocenters. The highest BCUT2D eigenvalue weighted by molar-refractivity contribution is 5.86. The number of rotatable bonds is 12. The fraction of sp³-hybridized carbons (Fsp3) is 0.431. The predicted molar refractivity (Wildman–Crippen MR) is 293 cm³/mol. The summed E-state index contributed by atoms with van der Waals surface area (Å²) in [5.41, 5.74) is 11.4. The van der Waals surface area contributed by atoms with E-state index < -0.39 is 12.1 Å². The van der Waals surface area contributed by atoms with Gasteiger partial charge in [0.25, 0.3) is 0 Å². The van der Waals surface area contributed by atoms with Crippen LogP contribution in [0.3, 0.4) is 0 Å². The summed E-state index contributed by atoms with van der Waals surface area (Å²) in [6, 6.07) is 25.5. The monoisotopic (exact) mass is 1000 g/mol. The molecule has 5 aromatic rings. The fourth-order valence-electron chi connectivity index (χ4n) is 8.50. The van der Waals surface area contributed by atoms with Crippen LogP contribution in [0.25, 0.3) is 22.5 Å². The number of hydrogen-bond donors (Lipinski definition) is 4. The van der Waals surface area contributed by atoms with Crippen LogP contribution in [0.2, 0.25) is 0 Å². The average molecular weight is 1000 g/mol. The molecule has 3 saturated heterocycles. The Hall–Kier alpha value is -7.36. The Labute approximate surface area is 434 Å². The maximum atomic E-state index is 13.4. The summed E-state index contributed by atoms with van der Waals surface area (Å²) in [5, 5.41) is 2.69. The number of anilines is 1. The third-order valence-corrected chi connectivity index (χ3v) is 12.2. The van der Waals surface area contributed by atoms with E-state index in [1.807, 2.05) is 77.0 Å². The van der Waals surface area contributed by atoms with Gasteiger partial charge in [-0.05, 0) is 111 Å². The number of carbonyl (C=O) groups excluding carboxylic acids is 3. The zero-order valence-corrected chi connectivity index (χ0v) is 44.5. The van der Waals surface area contributed by atoms with E-state index >= 15 is 0 Å². The van der Waals surface area contributed by atoms with Gasteiger partial charge < -0.3 is 45.1 Å². The molecule has 5 heterocycles. The number of amides is 2. The number of benzene rings is 3. The van der Waals surface area contributed by atoms with E-state index in [1.54, 1.807) is 0 Å². The lowest BCUT2D eigenvalue weighted by Gasteiger charge is -2.30. The summed E-state index contributed by atoms with van der Waals surface area (Å²) in [4.78, 5) is 57.4. The maximum absolute atomic E-state index is 13.4. The third-order valence-electron chi connectivity index (χ3n) is 12.2. The van der Waals surface area contributed by atoms with Gasteiger partial charge >= 0.3 is 6.09 Å². The van der Waals surface area contributed by atoms with Crippen molar-refractivity contribution in [3.05, 3.63) is 127 Å². The number of halogens is 1. The number of methoxy groups -OCH3 is 2. The van der Waals surface area contributed by atoms with Crippen LogP contribution in [-0.2, 0) is 19.1 Å². The number of hydrogen-bond acceptors (Lipinski definition) is 10. The number of nitrogens with two attached hydrogens (primary N) is 1. The predicted octanol–water partition coefficient (Wildman–Crippen LogP) is 11.3. The van der Waals surface area contributed by atoms with Crippen molar-refractivity contribution in [2.75, 3.05) is 45.8 Å². The second kappa shape index (κ2) is 33.3. The van der Waals surface area contributed by atoms with Crippen molar-refractivity contribution < 1.29 is 28.2 Å². The molecule has 15 heteroatoms. The van der Waals surface area contributed by atoms with Crippen LogP contribution in [0, 0.1) is 43.3 Å². The molecule has 14 nitrogen and oxygen atoms in total. The lowest BCUT2D eigenvalue weighted by atomic mass is 10.0. The Morgan fingerprint density at radius 1 is 0.781 bits per heavy atom. The minimum absolute atomic E-state index is 0.0811. The molecule has 2 aromatic heterocycles. The van der Waals surface area contributed by atoms with Crippen LogP contribution in [0.4, 0.5) is 14.9 Å². The minimum Gasteiger partial charge on any atom is -0.483 e. The lowest BCUT2D eigenvalue weighted by Crippen LogP contribution is -2.51. The number of carbonyl (C=O) groups is 3. The van der Waals surface area contributed by atoms with Crippen molar-refractivity contribution in [3.63, 3.8) is 0 Å². The molecule has 0 saturated carbocycles. The number of imidazole rings is 2. The van der Waals surface area contributed by atoms with Crippen molar-refractivity contribution in [2.45, 2.75) is 111 Å². The number of likely N-dealkylation sites (tertiary alicyclic amines) is 2. The zero-order valence-electron chi connectivity index (χ0n) is 44.5. The van der Waals surface area contributed by atoms with Crippen LogP contribution in [0.5, 0.6) is 0 Å². The van der Waals surface area contributed by atoms with E-state index in [-0.39, 0.29) is 35.6 Å². The Morgan fingerprint density at radius 2 is 1.29 bits per heavy atom. The number of ether oxygens (including phenoxy) is 2. The molecule has 0 bridgehead atoms. The van der Waals surface area contributed by atoms with Gasteiger partial charge in [0.15, 0.2) is 5.88 Å². The van der Waals surface area contributed by atoms with Crippen molar-refractivity contribution in [3.8, 4) is 48.2 Å². The first kappa shape index (κ1) is 61.8. The van der Waals surface area contributed by atoms with Gasteiger partial charge in [-0.15, -0.1) is 25.7 Å². The van der Waals surface area contributed by atoms with Crippen molar-refractivity contribution >= 4 is 24.0 Å². The Balaban J connectivity index is 0.000000439. The fourth-order valence-corrected chi connectivity index (χ4v) is 8.50. The van der Waals surface area contributed by atoms with E-state index in [1.165, 1.54) is 56.9 Å². The van der Waals surface area contributed by atoms with Gasteiger partial charge in [0.2, 0.25) is 5.91 Å². The molecule has 3 aliphatic heterocycles. The van der Waals surface area contributed by atoms with E-state index in [9.17, 15) is 18.8 Å². The highest BCUT2D eigenvalue weighted by Crippen LogP contribution is 2.38. The van der Waals surface area contributed by atoms with Gasteiger partial charge in [0, 0.05) is 25.2 Å². The summed E-state index contributed by atoms with van der Waals surface area (Å²) >= 11 is 0. The first-order chi connectivity index (χ1) is 35.2. The van der Waals surface area contributed by atoms with Gasteiger partial charge in [-0.1, -0.05) is 96.1 Å². The Bertz CT molecular complexity index is 2390. The maximum Gasteiger partial charge on any atom is 0.407 e. The summed E-state index contributed by atoms with van der Waals surface area (Å²) < 4.78 is 22.5.